The van der Waals surface area contributed by atoms with E-state index in [2.05, 4.69) is 0 Å². The number of rotatable bonds is 0. The molecule has 0 saturated heterocycles. The van der Waals surface area contributed by atoms with E-state index in [-0.39, 0.29) is 30.1 Å². The molecule has 8 heteroatoms. The first kappa shape index (κ1) is 17.3. The molecular formula is C14H2Cl8. The minimum atomic E-state index is 0.233. The highest BCUT2D eigenvalue weighted by atomic mass is 35.5. The highest BCUT2D eigenvalue weighted by Gasteiger charge is 2.23. The predicted molar refractivity (Wildman–Crippen MR) is 102 cm³/mol. The second-order valence-electron chi connectivity index (χ2n) is 4.44. The first-order chi connectivity index (χ1) is 10.3. The Labute approximate surface area is 165 Å². The molecule has 0 aliphatic heterocycles. The summed E-state index contributed by atoms with van der Waals surface area (Å²) in [5.74, 6) is 0. The van der Waals surface area contributed by atoms with Crippen LogP contribution in [0.5, 0.6) is 0 Å². The van der Waals surface area contributed by atoms with Gasteiger partial charge in [0.25, 0.3) is 0 Å². The Morgan fingerprint density at radius 1 is 0.364 bits per heavy atom. The summed E-state index contributed by atoms with van der Waals surface area (Å²) in [7, 11) is 0. The fourth-order valence-corrected chi connectivity index (χ4v) is 4.85. The van der Waals surface area contributed by atoms with Gasteiger partial charge in [-0.15, -0.1) is 0 Å². The van der Waals surface area contributed by atoms with Gasteiger partial charge in [-0.3, -0.25) is 0 Å². The molecule has 3 aromatic carbocycles. The van der Waals surface area contributed by atoms with Gasteiger partial charge >= 0.3 is 0 Å². The van der Waals surface area contributed by atoms with Gasteiger partial charge < -0.3 is 0 Å². The van der Waals surface area contributed by atoms with Gasteiger partial charge in [0.05, 0.1) is 40.2 Å². The standard InChI is InChI=1S/C14H2Cl8/c15-3-1-5(17)11(19)9-7(3)13(21)10-8(14(9)22)4(16)2-6(18)12(10)20/h1-2H. The molecule has 0 atom stereocenters. The zero-order valence-corrected chi connectivity index (χ0v) is 16.2. The minimum Gasteiger partial charge on any atom is -0.0835 e. The van der Waals surface area contributed by atoms with E-state index < -0.39 is 0 Å². The number of fused-ring (bicyclic) bond motifs is 2. The van der Waals surface area contributed by atoms with Crippen LogP contribution in [-0.2, 0) is 0 Å². The van der Waals surface area contributed by atoms with Crippen molar-refractivity contribution >= 4 is 114 Å². The van der Waals surface area contributed by atoms with E-state index in [0.717, 1.165) is 0 Å². The fourth-order valence-electron chi connectivity index (χ4n) is 2.28. The topological polar surface area (TPSA) is 0 Å². The summed E-state index contributed by atoms with van der Waals surface area (Å²) in [5, 5.41) is 3.80. The highest BCUT2D eigenvalue weighted by Crippen LogP contribution is 2.51. The molecule has 114 valence electrons. The van der Waals surface area contributed by atoms with Gasteiger partial charge in [0.1, 0.15) is 0 Å². The molecule has 0 unspecified atom stereocenters. The second-order valence-corrected chi connectivity index (χ2v) is 7.58. The van der Waals surface area contributed by atoms with Crippen molar-refractivity contribution in [3.05, 3.63) is 52.3 Å². The fraction of sp³-hybridized carbons (Fsp3) is 0. The predicted octanol–water partition coefficient (Wildman–Crippen LogP) is 9.22. The Kier molecular flexibility index (Phi) is 4.80. The van der Waals surface area contributed by atoms with Crippen molar-refractivity contribution in [2.75, 3.05) is 0 Å². The van der Waals surface area contributed by atoms with Crippen LogP contribution in [0.4, 0.5) is 0 Å². The van der Waals surface area contributed by atoms with Crippen molar-refractivity contribution < 1.29 is 0 Å². The number of hydrogen-bond acceptors (Lipinski definition) is 0. The van der Waals surface area contributed by atoms with E-state index >= 15 is 0 Å². The lowest BCUT2D eigenvalue weighted by atomic mass is 10.0. The number of benzene rings is 3. The lowest BCUT2D eigenvalue weighted by Gasteiger charge is -2.15. The Bertz CT molecular complexity index is 882. The molecule has 0 amide bonds. The van der Waals surface area contributed by atoms with Gasteiger partial charge in [-0.1, -0.05) is 92.8 Å². The van der Waals surface area contributed by atoms with Crippen LogP contribution in [0.3, 0.4) is 0 Å². The van der Waals surface area contributed by atoms with E-state index in [1.165, 1.54) is 12.1 Å². The van der Waals surface area contributed by atoms with Crippen LogP contribution in [0.2, 0.25) is 40.2 Å². The van der Waals surface area contributed by atoms with Crippen molar-refractivity contribution in [3.8, 4) is 0 Å². The Hall–Kier alpha value is 0.500. The second kappa shape index (κ2) is 6.10. The van der Waals surface area contributed by atoms with Gasteiger partial charge in [0.15, 0.2) is 0 Å². The van der Waals surface area contributed by atoms with Crippen LogP contribution in [0, 0.1) is 0 Å². The summed E-state index contributed by atoms with van der Waals surface area (Å²) in [4.78, 5) is 0. The van der Waals surface area contributed by atoms with Crippen LogP contribution in [0.15, 0.2) is 12.1 Å². The third-order valence-electron chi connectivity index (χ3n) is 3.22. The van der Waals surface area contributed by atoms with Gasteiger partial charge in [-0.05, 0) is 12.1 Å². The highest BCUT2D eigenvalue weighted by molar-refractivity contribution is 6.59. The normalized spacial score (nSPS) is 11.6. The quantitative estimate of drug-likeness (QED) is 0.235. The Morgan fingerprint density at radius 3 is 1.00 bits per heavy atom. The number of hydrogen-bond donors (Lipinski definition) is 0. The summed E-state index contributed by atoms with van der Waals surface area (Å²) >= 11 is 50.1. The van der Waals surface area contributed by atoms with E-state index in [1.54, 1.807) is 0 Å². The molecule has 0 fully saturated rings. The zero-order valence-electron chi connectivity index (χ0n) is 10.2. The van der Waals surface area contributed by atoms with E-state index in [0.29, 0.717) is 31.6 Å². The van der Waals surface area contributed by atoms with Crippen molar-refractivity contribution in [2.45, 2.75) is 0 Å². The van der Waals surface area contributed by atoms with Crippen molar-refractivity contribution in [1.29, 1.82) is 0 Å². The molecule has 0 N–H and O–H groups in total. The molecule has 0 nitrogen and oxygen atoms in total. The molecule has 3 aromatic rings. The van der Waals surface area contributed by atoms with Crippen LogP contribution in [0.25, 0.3) is 21.5 Å². The maximum absolute atomic E-state index is 6.48. The van der Waals surface area contributed by atoms with Crippen molar-refractivity contribution in [2.24, 2.45) is 0 Å². The third kappa shape index (κ3) is 2.44. The SMILES string of the molecule is Clc1cc(Cl)c2c(Cl)c3c(Cl)c(Cl)cc(Cl)c3c(Cl)c2c1Cl. The molecular weight excluding hydrogens is 452 g/mol. The molecule has 0 aliphatic carbocycles. The average molecular weight is 454 g/mol. The smallest absolute Gasteiger partial charge is 0.0687 e. The van der Waals surface area contributed by atoms with Crippen LogP contribution in [0.1, 0.15) is 0 Å². The number of halogens is 8. The van der Waals surface area contributed by atoms with Gasteiger partial charge in [-0.25, -0.2) is 0 Å². The molecule has 0 aromatic heterocycles. The summed E-state index contributed by atoms with van der Waals surface area (Å²) in [6, 6.07) is 2.98. The minimum absolute atomic E-state index is 0.233. The van der Waals surface area contributed by atoms with Gasteiger partial charge in [-0.2, -0.15) is 0 Å². The summed E-state index contributed by atoms with van der Waals surface area (Å²) in [6.07, 6.45) is 0. The van der Waals surface area contributed by atoms with Gasteiger partial charge in [0.2, 0.25) is 0 Å². The van der Waals surface area contributed by atoms with E-state index in [1.807, 2.05) is 0 Å². The molecule has 0 heterocycles. The third-order valence-corrected chi connectivity index (χ3v) is 6.15. The van der Waals surface area contributed by atoms with Crippen LogP contribution < -0.4 is 0 Å². The van der Waals surface area contributed by atoms with Crippen LogP contribution >= 0.6 is 92.8 Å². The monoisotopic (exact) mass is 450 g/mol. The average Bonchev–Trinajstić information content (AvgIpc) is 2.44. The summed E-state index contributed by atoms with van der Waals surface area (Å²) < 4.78 is 0. The molecule has 3 rings (SSSR count). The molecule has 22 heavy (non-hydrogen) atoms. The Balaban J connectivity index is 2.78. The van der Waals surface area contributed by atoms with E-state index in [4.69, 9.17) is 92.8 Å². The molecule has 0 bridgehead atoms. The first-order valence-electron chi connectivity index (χ1n) is 5.67. The largest absolute Gasteiger partial charge is 0.0835 e. The molecule has 0 spiro atoms. The molecule has 0 saturated carbocycles. The maximum atomic E-state index is 6.48. The van der Waals surface area contributed by atoms with Crippen molar-refractivity contribution in [3.63, 3.8) is 0 Å². The molecule has 0 aliphatic rings. The summed E-state index contributed by atoms with van der Waals surface area (Å²) in [6.45, 7) is 0. The lowest BCUT2D eigenvalue weighted by molar-refractivity contribution is 1.75. The van der Waals surface area contributed by atoms with Crippen molar-refractivity contribution in [1.82, 2.24) is 0 Å². The van der Waals surface area contributed by atoms with Crippen LogP contribution in [-0.4, -0.2) is 0 Å². The van der Waals surface area contributed by atoms with E-state index in [9.17, 15) is 0 Å². The summed E-state index contributed by atoms with van der Waals surface area (Å²) in [5.41, 5.74) is 0. The first-order valence-corrected chi connectivity index (χ1v) is 8.69. The molecule has 0 radical (unpaired) electrons. The Morgan fingerprint density at radius 2 is 0.682 bits per heavy atom. The lowest BCUT2D eigenvalue weighted by Crippen LogP contribution is -1.88. The van der Waals surface area contributed by atoms with Gasteiger partial charge in [0, 0.05) is 21.5 Å². The maximum Gasteiger partial charge on any atom is 0.0687 e. The zero-order chi connectivity index (χ0) is 16.3.